The van der Waals surface area contributed by atoms with Gasteiger partial charge >= 0.3 is 0 Å². The number of carbonyl (C=O) groups is 1. The van der Waals surface area contributed by atoms with Crippen LogP contribution in [0.2, 0.25) is 0 Å². The fraction of sp³-hybridized carbons (Fsp3) is 0.409. The van der Waals surface area contributed by atoms with Gasteiger partial charge in [0.15, 0.2) is 5.78 Å². The molecule has 1 saturated carbocycles. The number of nitrogens with zero attached hydrogens (tertiary/aromatic N) is 1. The minimum atomic E-state index is -0.0316. The summed E-state index contributed by atoms with van der Waals surface area (Å²) in [6, 6.07) is 20.6. The minimum Gasteiger partial charge on any atom is -0.512 e. The molecule has 3 nitrogen and oxygen atoms in total. The molecular weight excluding hydrogens is 799 g/mol. The third-order valence-electron chi connectivity index (χ3n) is 10.2. The molecule has 0 saturated heterocycles. The monoisotopic (exact) mass is 853 g/mol. The van der Waals surface area contributed by atoms with E-state index in [1.54, 1.807) is 0 Å². The number of benzene rings is 3. The Kier molecular flexibility index (Phi) is 11.9. The maximum atomic E-state index is 11.0. The molecule has 1 aliphatic rings. The van der Waals surface area contributed by atoms with Crippen LogP contribution in [0.15, 0.2) is 72.6 Å². The molecule has 1 fully saturated rings. The first-order valence-electron chi connectivity index (χ1n) is 17.5. The normalized spacial score (nSPS) is 15.4. The molecule has 0 atom stereocenters. The van der Waals surface area contributed by atoms with E-state index in [4.69, 9.17) is 0 Å². The Labute approximate surface area is 312 Å². The maximum absolute atomic E-state index is 11.0. The molecular formula is C44H54IrNO2S-. The number of aromatic nitrogens is 1. The predicted molar refractivity (Wildman–Crippen MR) is 207 cm³/mol. The van der Waals surface area contributed by atoms with Crippen LogP contribution in [0.25, 0.3) is 42.2 Å². The van der Waals surface area contributed by atoms with E-state index in [1.165, 1.54) is 85.1 Å². The van der Waals surface area contributed by atoms with Gasteiger partial charge in [-0.3, -0.25) is 4.79 Å². The number of hydrogen-bond acceptors (Lipinski definition) is 3. The number of hydrogen-bond donors (Lipinski definition) is 1. The smallest absolute Gasteiger partial charge is 0.161 e. The zero-order valence-corrected chi connectivity index (χ0v) is 34.1. The van der Waals surface area contributed by atoms with Crippen molar-refractivity contribution in [3.05, 3.63) is 103 Å². The molecule has 5 aromatic rings. The maximum Gasteiger partial charge on any atom is 0.161 e. The van der Waals surface area contributed by atoms with Crippen LogP contribution >= 0.6 is 11.3 Å². The fourth-order valence-electron chi connectivity index (χ4n) is 6.85. The molecule has 1 aliphatic carbocycles. The number of thiophene rings is 1. The van der Waals surface area contributed by atoms with Gasteiger partial charge in [-0.1, -0.05) is 104 Å². The molecule has 2 aromatic heterocycles. The fourth-order valence-corrected chi connectivity index (χ4v) is 8.17. The SMILES string of the molecule is CC(C)C(=O)/C=C(\O)C(C)C.[CH2-]c1c(-c2c3sc4cc(C5CCC(C)(C)CC5)ccc4c3cc[n+]2[CH2-])cc(C(C)(C)C)c2ccccc12.[Ir]. The summed E-state index contributed by atoms with van der Waals surface area (Å²) in [5.74, 6) is 0.842. The van der Waals surface area contributed by atoms with Gasteiger partial charge in [0.05, 0.1) is 17.6 Å². The third kappa shape index (κ3) is 8.28. The van der Waals surface area contributed by atoms with Crippen molar-refractivity contribution in [1.82, 2.24) is 0 Å². The van der Waals surface area contributed by atoms with Gasteiger partial charge in [0.2, 0.25) is 0 Å². The molecule has 0 unspecified atom stereocenters. The van der Waals surface area contributed by atoms with E-state index in [-0.39, 0.29) is 48.9 Å². The standard InChI is InChI=1S/C35H38NS.C9H16O2.Ir/c1-22-25-10-8-9-11-26(25)30(34(2,3)4)21-29(22)32-33-28(16-19-36(32)7)27-13-12-24(20-31(27)37-33)23-14-17-35(5,6)18-15-23;1-6(2)8(10)5-9(11)7(3)4;/h8-13,16,19-21,23H,1,7,14-15,17-18H2,2-6H3;5-7,10H,1-4H3;/q-1;;/b;8-5-;. The van der Waals surface area contributed by atoms with Gasteiger partial charge in [-0.15, -0.1) is 34.4 Å². The van der Waals surface area contributed by atoms with E-state index in [0.717, 1.165) is 5.56 Å². The van der Waals surface area contributed by atoms with E-state index >= 15 is 0 Å². The summed E-state index contributed by atoms with van der Waals surface area (Å²) in [4.78, 5) is 11.0. The van der Waals surface area contributed by atoms with Gasteiger partial charge in [0, 0.05) is 54.5 Å². The zero-order valence-electron chi connectivity index (χ0n) is 30.9. The summed E-state index contributed by atoms with van der Waals surface area (Å²) in [6.45, 7) is 23.7. The van der Waals surface area contributed by atoms with Crippen LogP contribution in [-0.2, 0) is 30.3 Å². The van der Waals surface area contributed by atoms with Crippen molar-refractivity contribution < 1.29 is 34.6 Å². The van der Waals surface area contributed by atoms with E-state index in [1.807, 2.05) is 43.6 Å². The van der Waals surface area contributed by atoms with Crippen molar-refractivity contribution in [2.24, 2.45) is 17.3 Å². The summed E-state index contributed by atoms with van der Waals surface area (Å²) >= 11 is 1.91. The Morgan fingerprint density at radius 1 is 0.939 bits per heavy atom. The van der Waals surface area contributed by atoms with Crippen molar-refractivity contribution in [3.63, 3.8) is 0 Å². The molecule has 49 heavy (non-hydrogen) atoms. The largest absolute Gasteiger partial charge is 0.512 e. The number of aliphatic hydroxyl groups is 1. The quantitative estimate of drug-likeness (QED) is 0.0828. The van der Waals surface area contributed by atoms with Crippen LogP contribution < -0.4 is 4.57 Å². The number of ketones is 1. The molecule has 1 N–H and O–H groups in total. The second kappa shape index (κ2) is 15.0. The van der Waals surface area contributed by atoms with Crippen molar-refractivity contribution >= 4 is 48.1 Å². The number of allylic oxidation sites excluding steroid dienone is 2. The predicted octanol–water partition coefficient (Wildman–Crippen LogP) is 12.3. The Balaban J connectivity index is 0.000000391. The van der Waals surface area contributed by atoms with E-state index < -0.39 is 0 Å². The Morgan fingerprint density at radius 2 is 1.57 bits per heavy atom. The van der Waals surface area contributed by atoms with Crippen molar-refractivity contribution in [2.75, 3.05) is 0 Å². The summed E-state index contributed by atoms with van der Waals surface area (Å²) in [5.41, 5.74) is 6.81. The molecule has 1 radical (unpaired) electrons. The first-order valence-corrected chi connectivity index (χ1v) is 18.3. The molecule has 5 heteroatoms. The van der Waals surface area contributed by atoms with Gasteiger partial charge in [-0.25, -0.2) is 0 Å². The number of carbonyl (C=O) groups excluding carboxylic acids is 1. The van der Waals surface area contributed by atoms with Gasteiger partial charge < -0.3 is 9.67 Å². The Bertz CT molecular complexity index is 2000. The summed E-state index contributed by atoms with van der Waals surface area (Å²) in [5, 5.41) is 14.4. The van der Waals surface area contributed by atoms with Crippen molar-refractivity contribution in [3.8, 4) is 11.3 Å². The average Bonchev–Trinajstić information content (AvgIpc) is 3.39. The van der Waals surface area contributed by atoms with Crippen molar-refractivity contribution in [2.45, 2.75) is 99.3 Å². The van der Waals surface area contributed by atoms with Crippen LogP contribution in [0, 0.1) is 31.2 Å². The second-order valence-electron chi connectivity index (χ2n) is 16.2. The molecule has 0 aliphatic heterocycles. The van der Waals surface area contributed by atoms with Gasteiger partial charge in [-0.05, 0) is 70.9 Å². The summed E-state index contributed by atoms with van der Waals surface area (Å²) in [7, 11) is 4.43. The van der Waals surface area contributed by atoms with Gasteiger partial charge in [0.1, 0.15) is 0 Å². The Morgan fingerprint density at radius 3 is 2.16 bits per heavy atom. The van der Waals surface area contributed by atoms with Crippen LogP contribution in [0.3, 0.4) is 0 Å². The number of rotatable bonds is 5. The zero-order chi connectivity index (χ0) is 35.1. The molecule has 263 valence electrons. The van der Waals surface area contributed by atoms with Crippen LogP contribution in [0.1, 0.15) is 111 Å². The summed E-state index contributed by atoms with van der Waals surface area (Å²) in [6.07, 6.45) is 8.66. The molecule has 6 rings (SSSR count). The van der Waals surface area contributed by atoms with Gasteiger partial charge in [-0.2, -0.15) is 12.5 Å². The number of fused-ring (bicyclic) bond motifs is 4. The third-order valence-corrected chi connectivity index (χ3v) is 11.3. The molecule has 0 bridgehead atoms. The first-order chi connectivity index (χ1) is 22.5. The van der Waals surface area contributed by atoms with Crippen LogP contribution in [0.4, 0.5) is 0 Å². The second-order valence-corrected chi connectivity index (χ2v) is 17.3. The Hall–Kier alpha value is -3.11. The topological polar surface area (TPSA) is 41.2 Å². The first kappa shape index (κ1) is 38.7. The van der Waals surface area contributed by atoms with Crippen LogP contribution in [0.5, 0.6) is 0 Å². The van der Waals surface area contributed by atoms with E-state index in [9.17, 15) is 9.90 Å². The van der Waals surface area contributed by atoms with E-state index in [2.05, 4.69) is 109 Å². The molecule has 3 aromatic carbocycles. The molecule has 0 spiro atoms. The van der Waals surface area contributed by atoms with Crippen LogP contribution in [-0.4, -0.2) is 10.9 Å². The number of aliphatic hydroxyl groups excluding tert-OH is 1. The van der Waals surface area contributed by atoms with Crippen molar-refractivity contribution in [1.29, 1.82) is 0 Å². The number of pyridine rings is 1. The van der Waals surface area contributed by atoms with Gasteiger partial charge in [0.25, 0.3) is 0 Å². The van der Waals surface area contributed by atoms with E-state index in [0.29, 0.717) is 11.3 Å². The summed E-state index contributed by atoms with van der Waals surface area (Å²) < 4.78 is 4.73. The minimum absolute atomic E-state index is 0. The molecule has 2 heterocycles. The average molecular weight is 853 g/mol. The molecule has 0 amide bonds.